The third-order valence-electron chi connectivity index (χ3n) is 4.87. The quantitative estimate of drug-likeness (QED) is 0.442. The van der Waals surface area contributed by atoms with Crippen molar-refractivity contribution in [2.24, 2.45) is 4.99 Å². The van der Waals surface area contributed by atoms with Gasteiger partial charge in [0.2, 0.25) is 5.91 Å². The van der Waals surface area contributed by atoms with E-state index in [9.17, 15) is 18.0 Å². The Morgan fingerprint density at radius 1 is 1.09 bits per heavy atom. The third-order valence-corrected chi connectivity index (χ3v) is 7.73. The normalized spacial score (nSPS) is 12.2. The SMILES string of the molecule is CCOC(=O)Cn1c(=NC(=O)CCCS(=O)(=O)c2ccccc2)sc2cc(CC)ccc21. The molecule has 0 saturated heterocycles. The summed E-state index contributed by atoms with van der Waals surface area (Å²) in [6.07, 6.45) is 1.04. The van der Waals surface area contributed by atoms with Crippen molar-refractivity contribution in [1.82, 2.24) is 4.57 Å². The molecule has 1 aromatic heterocycles. The zero-order valence-electron chi connectivity index (χ0n) is 18.1. The summed E-state index contributed by atoms with van der Waals surface area (Å²) in [7, 11) is -3.45. The van der Waals surface area contributed by atoms with Crippen LogP contribution >= 0.6 is 11.3 Å². The number of carbonyl (C=O) groups excluding carboxylic acids is 2. The van der Waals surface area contributed by atoms with Crippen LogP contribution in [0.15, 0.2) is 58.4 Å². The summed E-state index contributed by atoms with van der Waals surface area (Å²) in [4.78, 5) is 29.5. The molecular formula is C23H26N2O5S2. The predicted molar refractivity (Wildman–Crippen MR) is 124 cm³/mol. The maximum absolute atomic E-state index is 12.5. The number of hydrogen-bond acceptors (Lipinski definition) is 6. The van der Waals surface area contributed by atoms with Gasteiger partial charge in [0.15, 0.2) is 14.6 Å². The molecule has 0 aliphatic rings. The lowest BCUT2D eigenvalue weighted by atomic mass is 10.2. The first-order chi connectivity index (χ1) is 15.3. The smallest absolute Gasteiger partial charge is 0.326 e. The van der Waals surface area contributed by atoms with Gasteiger partial charge in [-0.1, -0.05) is 42.5 Å². The molecule has 0 unspecified atom stereocenters. The molecule has 0 atom stereocenters. The van der Waals surface area contributed by atoms with E-state index in [-0.39, 0.29) is 36.6 Å². The van der Waals surface area contributed by atoms with Crippen LogP contribution < -0.4 is 4.80 Å². The second-order valence-electron chi connectivity index (χ2n) is 7.17. The fourth-order valence-corrected chi connectivity index (χ4v) is 5.68. The molecule has 0 aliphatic carbocycles. The monoisotopic (exact) mass is 474 g/mol. The molecular weight excluding hydrogens is 448 g/mol. The van der Waals surface area contributed by atoms with Crippen molar-refractivity contribution in [3.63, 3.8) is 0 Å². The van der Waals surface area contributed by atoms with Gasteiger partial charge in [-0.2, -0.15) is 4.99 Å². The number of sulfone groups is 1. The number of aryl methyl sites for hydroxylation is 1. The summed E-state index contributed by atoms with van der Waals surface area (Å²) in [6, 6.07) is 14.1. The lowest BCUT2D eigenvalue weighted by Crippen LogP contribution is -2.23. The van der Waals surface area contributed by atoms with Crippen molar-refractivity contribution < 1.29 is 22.7 Å². The first-order valence-corrected chi connectivity index (χ1v) is 12.9. The highest BCUT2D eigenvalue weighted by Crippen LogP contribution is 2.20. The Morgan fingerprint density at radius 3 is 2.53 bits per heavy atom. The molecule has 0 radical (unpaired) electrons. The summed E-state index contributed by atoms with van der Waals surface area (Å²) >= 11 is 1.33. The largest absolute Gasteiger partial charge is 0.465 e. The number of nitrogens with zero attached hydrogens (tertiary/aromatic N) is 2. The van der Waals surface area contributed by atoms with E-state index in [0.717, 1.165) is 22.2 Å². The van der Waals surface area contributed by atoms with Crippen molar-refractivity contribution in [1.29, 1.82) is 0 Å². The molecule has 32 heavy (non-hydrogen) atoms. The van der Waals surface area contributed by atoms with Crippen LogP contribution in [0, 0.1) is 0 Å². The number of hydrogen-bond donors (Lipinski definition) is 0. The minimum atomic E-state index is -3.45. The molecule has 0 bridgehead atoms. The van der Waals surface area contributed by atoms with Crippen LogP contribution in [-0.4, -0.2) is 37.2 Å². The number of thiazole rings is 1. The van der Waals surface area contributed by atoms with Gasteiger partial charge >= 0.3 is 5.97 Å². The molecule has 0 aliphatic heterocycles. The Balaban J connectivity index is 1.81. The van der Waals surface area contributed by atoms with Crippen LogP contribution in [0.2, 0.25) is 0 Å². The number of fused-ring (bicyclic) bond motifs is 1. The number of esters is 1. The second kappa shape index (κ2) is 10.7. The lowest BCUT2D eigenvalue weighted by molar-refractivity contribution is -0.143. The zero-order valence-corrected chi connectivity index (χ0v) is 19.7. The average molecular weight is 475 g/mol. The van der Waals surface area contributed by atoms with Crippen LogP contribution in [0.25, 0.3) is 10.2 Å². The number of rotatable bonds is 9. The lowest BCUT2D eigenvalue weighted by Gasteiger charge is -2.05. The number of carbonyl (C=O) groups is 2. The number of amides is 1. The van der Waals surface area contributed by atoms with Crippen molar-refractivity contribution in [3.05, 3.63) is 58.9 Å². The van der Waals surface area contributed by atoms with Gasteiger partial charge in [0, 0.05) is 6.42 Å². The van der Waals surface area contributed by atoms with Gasteiger partial charge < -0.3 is 9.30 Å². The fraction of sp³-hybridized carbons (Fsp3) is 0.348. The van der Waals surface area contributed by atoms with E-state index in [1.165, 1.54) is 11.3 Å². The Hall–Kier alpha value is -2.78. The van der Waals surface area contributed by atoms with Gasteiger partial charge in [-0.3, -0.25) is 9.59 Å². The van der Waals surface area contributed by atoms with Gasteiger partial charge in [0.1, 0.15) is 6.54 Å². The molecule has 7 nitrogen and oxygen atoms in total. The molecule has 1 heterocycles. The van der Waals surface area contributed by atoms with Gasteiger partial charge in [-0.25, -0.2) is 8.42 Å². The third kappa shape index (κ3) is 5.92. The first-order valence-electron chi connectivity index (χ1n) is 10.5. The highest BCUT2D eigenvalue weighted by molar-refractivity contribution is 7.91. The molecule has 0 N–H and O–H groups in total. The van der Waals surface area contributed by atoms with E-state index in [1.807, 2.05) is 18.2 Å². The molecule has 0 fully saturated rings. The molecule has 1 amide bonds. The van der Waals surface area contributed by atoms with E-state index in [1.54, 1.807) is 41.8 Å². The molecule has 3 aromatic rings. The molecule has 0 spiro atoms. The summed E-state index contributed by atoms with van der Waals surface area (Å²) in [5.74, 6) is -0.962. The Labute approximate surface area is 191 Å². The van der Waals surface area contributed by atoms with Crippen molar-refractivity contribution in [2.75, 3.05) is 12.4 Å². The molecule has 9 heteroatoms. The standard InChI is InChI=1S/C23H26N2O5S2/c1-3-17-12-13-19-20(15-17)31-23(25(19)16-22(27)30-4-2)24-21(26)11-8-14-32(28,29)18-9-6-5-7-10-18/h5-7,9-10,12-13,15H,3-4,8,11,14,16H2,1-2H3. The van der Waals surface area contributed by atoms with Crippen molar-refractivity contribution in [2.45, 2.75) is 44.6 Å². The zero-order chi connectivity index (χ0) is 23.1. The fourth-order valence-electron chi connectivity index (χ4n) is 3.23. The first kappa shape index (κ1) is 23.9. The molecule has 0 saturated carbocycles. The Bertz CT molecular complexity index is 1270. The maximum Gasteiger partial charge on any atom is 0.326 e. The molecule has 2 aromatic carbocycles. The van der Waals surface area contributed by atoms with Gasteiger partial charge in [-0.05, 0) is 49.6 Å². The van der Waals surface area contributed by atoms with Crippen LogP contribution in [0.5, 0.6) is 0 Å². The highest BCUT2D eigenvalue weighted by atomic mass is 32.2. The maximum atomic E-state index is 12.5. The number of benzene rings is 2. The number of aromatic nitrogens is 1. The highest BCUT2D eigenvalue weighted by Gasteiger charge is 2.16. The summed E-state index contributed by atoms with van der Waals surface area (Å²) < 4.78 is 32.4. The van der Waals surface area contributed by atoms with Crippen LogP contribution in [0.4, 0.5) is 0 Å². The minimum Gasteiger partial charge on any atom is -0.465 e. The Morgan fingerprint density at radius 2 is 1.84 bits per heavy atom. The van der Waals surface area contributed by atoms with E-state index in [2.05, 4.69) is 11.9 Å². The van der Waals surface area contributed by atoms with E-state index < -0.39 is 21.7 Å². The summed E-state index contributed by atoms with van der Waals surface area (Å²) in [6.45, 7) is 4.01. The van der Waals surface area contributed by atoms with E-state index in [4.69, 9.17) is 4.74 Å². The predicted octanol–water partition coefficient (Wildman–Crippen LogP) is 3.51. The van der Waals surface area contributed by atoms with Gasteiger partial charge in [0.25, 0.3) is 0 Å². The average Bonchev–Trinajstić information content (AvgIpc) is 3.10. The van der Waals surface area contributed by atoms with E-state index in [0.29, 0.717) is 4.80 Å². The van der Waals surface area contributed by atoms with E-state index >= 15 is 0 Å². The van der Waals surface area contributed by atoms with Gasteiger partial charge in [-0.15, -0.1) is 0 Å². The van der Waals surface area contributed by atoms with Gasteiger partial charge in [0.05, 0.1) is 27.5 Å². The Kier molecular flexibility index (Phi) is 7.98. The van der Waals surface area contributed by atoms with Crippen molar-refractivity contribution in [3.8, 4) is 0 Å². The summed E-state index contributed by atoms with van der Waals surface area (Å²) in [5, 5.41) is 0. The minimum absolute atomic E-state index is 0.0000742. The summed E-state index contributed by atoms with van der Waals surface area (Å²) in [5.41, 5.74) is 1.95. The van der Waals surface area contributed by atoms with Crippen molar-refractivity contribution >= 4 is 43.3 Å². The second-order valence-corrected chi connectivity index (χ2v) is 10.3. The molecule has 3 rings (SSSR count). The number of ether oxygens (including phenoxy) is 1. The molecule has 170 valence electrons. The van der Waals surface area contributed by atoms with Crippen LogP contribution in [0.3, 0.4) is 0 Å². The van der Waals surface area contributed by atoms with Crippen LogP contribution in [-0.2, 0) is 37.1 Å². The topological polar surface area (TPSA) is 94.8 Å². The van der Waals surface area contributed by atoms with Crippen LogP contribution in [0.1, 0.15) is 32.3 Å².